The number of ether oxygens (including phenoxy) is 1. The van der Waals surface area contributed by atoms with Crippen LogP contribution in [0.4, 0.5) is 5.82 Å². The molecule has 0 saturated heterocycles. The van der Waals surface area contributed by atoms with Gasteiger partial charge in [-0.25, -0.2) is 0 Å². The number of halogens is 1. The molecule has 0 fully saturated rings. The third kappa shape index (κ3) is 2.18. The molecule has 20 heavy (non-hydrogen) atoms. The molecule has 102 valence electrons. The lowest BCUT2D eigenvalue weighted by Crippen LogP contribution is -1.89. The number of nitrogen functional groups attached to an aromatic ring is 1. The van der Waals surface area contributed by atoms with Crippen molar-refractivity contribution in [3.8, 4) is 28.4 Å². The SMILES string of the molecule is COc1cccc(-c2c(N)noc2-c2ccc(Br)o2)c1. The maximum atomic E-state index is 5.91. The highest BCUT2D eigenvalue weighted by Crippen LogP contribution is 2.38. The lowest BCUT2D eigenvalue weighted by molar-refractivity contribution is 0.415. The van der Waals surface area contributed by atoms with E-state index in [9.17, 15) is 0 Å². The molecule has 3 aromatic rings. The van der Waals surface area contributed by atoms with E-state index in [-0.39, 0.29) is 0 Å². The summed E-state index contributed by atoms with van der Waals surface area (Å²) in [6.45, 7) is 0. The van der Waals surface area contributed by atoms with Gasteiger partial charge in [-0.1, -0.05) is 17.3 Å². The molecule has 0 bridgehead atoms. The molecule has 0 atom stereocenters. The molecule has 0 aliphatic rings. The molecule has 5 nitrogen and oxygen atoms in total. The van der Waals surface area contributed by atoms with Gasteiger partial charge in [0.2, 0.25) is 5.76 Å². The van der Waals surface area contributed by atoms with Crippen LogP contribution in [0.25, 0.3) is 22.6 Å². The summed E-state index contributed by atoms with van der Waals surface area (Å²) in [5.41, 5.74) is 7.45. The quantitative estimate of drug-likeness (QED) is 0.784. The molecule has 2 N–H and O–H groups in total. The summed E-state index contributed by atoms with van der Waals surface area (Å²) in [5, 5.41) is 3.82. The second-order valence-electron chi connectivity index (χ2n) is 4.11. The van der Waals surface area contributed by atoms with E-state index in [1.807, 2.05) is 24.3 Å². The summed E-state index contributed by atoms with van der Waals surface area (Å²) in [6, 6.07) is 11.1. The third-order valence-electron chi connectivity index (χ3n) is 2.87. The van der Waals surface area contributed by atoms with Crippen LogP contribution in [0.5, 0.6) is 5.75 Å². The summed E-state index contributed by atoms with van der Waals surface area (Å²) in [4.78, 5) is 0. The van der Waals surface area contributed by atoms with Crippen LogP contribution in [0.1, 0.15) is 0 Å². The van der Waals surface area contributed by atoms with Gasteiger partial charge in [0.25, 0.3) is 0 Å². The van der Waals surface area contributed by atoms with Crippen molar-refractivity contribution in [3.63, 3.8) is 0 Å². The zero-order valence-corrected chi connectivity index (χ0v) is 12.2. The monoisotopic (exact) mass is 334 g/mol. The third-order valence-corrected chi connectivity index (χ3v) is 3.30. The second-order valence-corrected chi connectivity index (χ2v) is 4.89. The van der Waals surface area contributed by atoms with Gasteiger partial charge >= 0.3 is 0 Å². The Morgan fingerprint density at radius 2 is 2.10 bits per heavy atom. The van der Waals surface area contributed by atoms with Gasteiger partial charge in [-0.15, -0.1) is 0 Å². The lowest BCUT2D eigenvalue weighted by Gasteiger charge is -2.04. The number of hydrogen-bond acceptors (Lipinski definition) is 5. The number of aromatic nitrogens is 1. The predicted molar refractivity (Wildman–Crippen MR) is 78.3 cm³/mol. The van der Waals surface area contributed by atoms with Crippen molar-refractivity contribution < 1.29 is 13.7 Å². The Morgan fingerprint density at radius 3 is 2.80 bits per heavy atom. The molecule has 0 aliphatic carbocycles. The highest BCUT2D eigenvalue weighted by molar-refractivity contribution is 9.10. The van der Waals surface area contributed by atoms with E-state index in [2.05, 4.69) is 21.1 Å². The van der Waals surface area contributed by atoms with Gasteiger partial charge in [-0.05, 0) is 45.8 Å². The standard InChI is InChI=1S/C14H11BrN2O3/c1-18-9-4-2-3-8(7-9)12-13(20-17-14(12)16)10-5-6-11(15)19-10/h2-7H,1H3,(H2,16,17). The summed E-state index contributed by atoms with van der Waals surface area (Å²) in [7, 11) is 1.61. The predicted octanol–water partition coefficient (Wildman–Crippen LogP) is 3.95. The minimum atomic E-state index is 0.306. The fourth-order valence-corrected chi connectivity index (χ4v) is 2.27. The Morgan fingerprint density at radius 1 is 1.25 bits per heavy atom. The molecule has 0 radical (unpaired) electrons. The maximum absolute atomic E-state index is 5.91. The van der Waals surface area contributed by atoms with Gasteiger partial charge in [-0.3, -0.25) is 0 Å². The summed E-state index contributed by atoms with van der Waals surface area (Å²) in [5.74, 6) is 2.08. The fraction of sp³-hybridized carbons (Fsp3) is 0.0714. The molecular weight excluding hydrogens is 324 g/mol. The molecule has 0 aliphatic heterocycles. The van der Waals surface area contributed by atoms with Gasteiger partial charge < -0.3 is 19.4 Å². The second kappa shape index (κ2) is 5.05. The van der Waals surface area contributed by atoms with Gasteiger partial charge in [0, 0.05) is 0 Å². The van der Waals surface area contributed by atoms with Gasteiger partial charge in [0.15, 0.2) is 16.2 Å². The van der Waals surface area contributed by atoms with E-state index in [1.54, 1.807) is 19.2 Å². The highest BCUT2D eigenvalue weighted by atomic mass is 79.9. The van der Waals surface area contributed by atoms with E-state index < -0.39 is 0 Å². The first-order chi connectivity index (χ1) is 9.69. The number of furan rings is 1. The van der Waals surface area contributed by atoms with Crippen LogP contribution in [-0.2, 0) is 0 Å². The molecule has 2 heterocycles. The van der Waals surface area contributed by atoms with E-state index in [1.165, 1.54) is 0 Å². The summed E-state index contributed by atoms with van der Waals surface area (Å²) < 4.78 is 16.6. The molecule has 2 aromatic heterocycles. The van der Waals surface area contributed by atoms with E-state index in [0.717, 1.165) is 11.3 Å². The van der Waals surface area contributed by atoms with Crippen LogP contribution in [-0.4, -0.2) is 12.3 Å². The number of methoxy groups -OCH3 is 1. The molecule has 3 rings (SSSR count). The number of hydrogen-bond donors (Lipinski definition) is 1. The molecule has 0 saturated carbocycles. The van der Waals surface area contributed by atoms with Gasteiger partial charge in [0.1, 0.15) is 5.75 Å². The topological polar surface area (TPSA) is 74.4 Å². The first kappa shape index (κ1) is 12.8. The van der Waals surface area contributed by atoms with E-state index in [0.29, 0.717) is 27.6 Å². The molecule has 6 heteroatoms. The molecule has 0 amide bonds. The Labute approximate surface area is 123 Å². The minimum Gasteiger partial charge on any atom is -0.497 e. The average Bonchev–Trinajstić information content (AvgIpc) is 3.05. The van der Waals surface area contributed by atoms with Crippen LogP contribution < -0.4 is 10.5 Å². The van der Waals surface area contributed by atoms with Crippen molar-refractivity contribution in [1.82, 2.24) is 5.16 Å². The summed E-state index contributed by atoms with van der Waals surface area (Å²) in [6.07, 6.45) is 0. The van der Waals surface area contributed by atoms with Crippen LogP contribution in [0.2, 0.25) is 0 Å². The minimum absolute atomic E-state index is 0.306. The first-order valence-electron chi connectivity index (χ1n) is 5.84. The van der Waals surface area contributed by atoms with Crippen LogP contribution in [0.3, 0.4) is 0 Å². The number of nitrogens with two attached hydrogens (primary N) is 1. The Balaban J connectivity index is 2.15. The fourth-order valence-electron chi connectivity index (χ4n) is 1.96. The Kier molecular flexibility index (Phi) is 3.23. The van der Waals surface area contributed by atoms with Crippen LogP contribution in [0, 0.1) is 0 Å². The molecule has 0 unspecified atom stereocenters. The first-order valence-corrected chi connectivity index (χ1v) is 6.63. The number of anilines is 1. The molecule has 1 aromatic carbocycles. The largest absolute Gasteiger partial charge is 0.497 e. The smallest absolute Gasteiger partial charge is 0.212 e. The summed E-state index contributed by atoms with van der Waals surface area (Å²) >= 11 is 3.26. The zero-order chi connectivity index (χ0) is 14.1. The highest BCUT2D eigenvalue weighted by Gasteiger charge is 2.20. The number of benzene rings is 1. The van der Waals surface area contributed by atoms with Crippen molar-refractivity contribution in [1.29, 1.82) is 0 Å². The van der Waals surface area contributed by atoms with E-state index in [4.69, 9.17) is 19.4 Å². The number of rotatable bonds is 3. The Bertz CT molecular complexity index is 748. The molecule has 0 spiro atoms. The van der Waals surface area contributed by atoms with Crippen molar-refractivity contribution in [2.24, 2.45) is 0 Å². The van der Waals surface area contributed by atoms with Crippen molar-refractivity contribution in [2.45, 2.75) is 0 Å². The van der Waals surface area contributed by atoms with Crippen molar-refractivity contribution >= 4 is 21.7 Å². The van der Waals surface area contributed by atoms with Crippen LogP contribution in [0.15, 0.2) is 50.0 Å². The van der Waals surface area contributed by atoms with Crippen molar-refractivity contribution in [3.05, 3.63) is 41.1 Å². The number of nitrogens with zero attached hydrogens (tertiary/aromatic N) is 1. The Hall–Kier alpha value is -2.21. The lowest BCUT2D eigenvalue weighted by atomic mass is 10.0. The average molecular weight is 335 g/mol. The van der Waals surface area contributed by atoms with Gasteiger partial charge in [0.05, 0.1) is 12.7 Å². The normalized spacial score (nSPS) is 10.7. The van der Waals surface area contributed by atoms with Crippen molar-refractivity contribution in [2.75, 3.05) is 12.8 Å². The van der Waals surface area contributed by atoms with E-state index >= 15 is 0 Å². The maximum Gasteiger partial charge on any atom is 0.212 e. The zero-order valence-electron chi connectivity index (χ0n) is 10.6. The molecular formula is C14H11BrN2O3. The van der Waals surface area contributed by atoms with Crippen LogP contribution >= 0.6 is 15.9 Å². The van der Waals surface area contributed by atoms with Gasteiger partial charge in [-0.2, -0.15) is 0 Å².